The van der Waals surface area contributed by atoms with E-state index in [1.54, 1.807) is 12.1 Å². The van der Waals surface area contributed by atoms with Crippen LogP contribution in [0.15, 0.2) is 42.5 Å². The highest BCUT2D eigenvalue weighted by molar-refractivity contribution is 6.18. The van der Waals surface area contributed by atoms with Crippen LogP contribution in [0.2, 0.25) is 0 Å². The average molecular weight is 285 g/mol. The molecule has 0 spiro atoms. The van der Waals surface area contributed by atoms with Crippen molar-refractivity contribution in [1.29, 1.82) is 0 Å². The van der Waals surface area contributed by atoms with Gasteiger partial charge in [0.25, 0.3) is 0 Å². The first kappa shape index (κ1) is 13.9. The van der Waals surface area contributed by atoms with Crippen LogP contribution < -0.4 is 0 Å². The van der Waals surface area contributed by atoms with Gasteiger partial charge >= 0.3 is 0 Å². The maximum Gasteiger partial charge on any atom is 0.126 e. The number of alkyl halides is 1. The summed E-state index contributed by atoms with van der Waals surface area (Å²) in [5, 5.41) is 0. The highest BCUT2D eigenvalue weighted by Gasteiger charge is 2.13. The van der Waals surface area contributed by atoms with E-state index in [1.165, 1.54) is 24.3 Å². The molecule has 4 heteroatoms. The second-order valence-electron chi connectivity index (χ2n) is 4.38. The molecule has 0 radical (unpaired) electrons. The minimum absolute atomic E-state index is 0.108. The van der Waals surface area contributed by atoms with Crippen LogP contribution in [0, 0.1) is 17.5 Å². The Hall–Kier alpha value is -1.48. The Morgan fingerprint density at radius 2 is 1.42 bits per heavy atom. The van der Waals surface area contributed by atoms with Crippen molar-refractivity contribution in [3.8, 4) is 0 Å². The number of hydrogen-bond acceptors (Lipinski definition) is 0. The molecular weight excluding hydrogens is 273 g/mol. The molecule has 0 heterocycles. The zero-order valence-electron chi connectivity index (χ0n) is 10.0. The first-order valence-corrected chi connectivity index (χ1v) is 6.38. The molecule has 0 bridgehead atoms. The van der Waals surface area contributed by atoms with E-state index in [-0.39, 0.29) is 11.7 Å². The molecule has 0 aromatic heterocycles. The molecule has 0 aliphatic rings. The van der Waals surface area contributed by atoms with Crippen LogP contribution in [-0.4, -0.2) is 5.88 Å². The van der Waals surface area contributed by atoms with E-state index in [1.807, 2.05) is 0 Å². The predicted molar refractivity (Wildman–Crippen MR) is 69.9 cm³/mol. The quantitative estimate of drug-likeness (QED) is 0.716. The summed E-state index contributed by atoms with van der Waals surface area (Å²) in [5.41, 5.74) is 1.38. The lowest BCUT2D eigenvalue weighted by Crippen LogP contribution is -2.05. The summed E-state index contributed by atoms with van der Waals surface area (Å²) in [6.07, 6.45) is 0.407. The molecule has 19 heavy (non-hydrogen) atoms. The monoisotopic (exact) mass is 284 g/mol. The van der Waals surface area contributed by atoms with Gasteiger partial charge in [-0.15, -0.1) is 11.6 Å². The Morgan fingerprint density at radius 1 is 0.842 bits per heavy atom. The third-order valence-electron chi connectivity index (χ3n) is 2.93. The van der Waals surface area contributed by atoms with Gasteiger partial charge in [-0.05, 0) is 41.8 Å². The van der Waals surface area contributed by atoms with Crippen LogP contribution in [0.3, 0.4) is 0 Å². The summed E-state index contributed by atoms with van der Waals surface area (Å²) in [6.45, 7) is 0. The summed E-state index contributed by atoms with van der Waals surface area (Å²) in [6, 6.07) is 9.37. The Kier molecular flexibility index (Phi) is 4.48. The van der Waals surface area contributed by atoms with Crippen LogP contribution in [-0.2, 0) is 6.42 Å². The van der Waals surface area contributed by atoms with Crippen molar-refractivity contribution in [2.75, 3.05) is 5.88 Å². The highest BCUT2D eigenvalue weighted by Crippen LogP contribution is 2.23. The van der Waals surface area contributed by atoms with Gasteiger partial charge in [0.15, 0.2) is 0 Å². The number of halogens is 4. The molecule has 0 nitrogen and oxygen atoms in total. The van der Waals surface area contributed by atoms with Gasteiger partial charge in [-0.2, -0.15) is 0 Å². The Labute approximate surface area is 114 Å². The Morgan fingerprint density at radius 3 is 1.95 bits per heavy atom. The molecule has 2 aromatic rings. The fourth-order valence-corrected chi connectivity index (χ4v) is 2.30. The molecule has 0 aliphatic heterocycles. The van der Waals surface area contributed by atoms with Crippen molar-refractivity contribution in [3.05, 3.63) is 71.0 Å². The van der Waals surface area contributed by atoms with E-state index < -0.39 is 11.6 Å². The fraction of sp³-hybridized carbons (Fsp3) is 0.200. The minimum Gasteiger partial charge on any atom is -0.207 e. The lowest BCUT2D eigenvalue weighted by atomic mass is 9.93. The Bertz CT molecular complexity index is 532. The third-order valence-corrected chi connectivity index (χ3v) is 3.30. The van der Waals surface area contributed by atoms with Crippen LogP contribution >= 0.6 is 11.6 Å². The lowest BCUT2D eigenvalue weighted by Gasteiger charge is -2.14. The zero-order chi connectivity index (χ0) is 13.8. The van der Waals surface area contributed by atoms with Gasteiger partial charge in [0, 0.05) is 17.9 Å². The summed E-state index contributed by atoms with van der Waals surface area (Å²) in [4.78, 5) is 0. The fourth-order valence-electron chi connectivity index (χ4n) is 2.01. The van der Waals surface area contributed by atoms with E-state index >= 15 is 0 Å². The predicted octanol–water partition coefficient (Wildman–Crippen LogP) is 4.67. The maximum atomic E-state index is 13.1. The molecule has 100 valence electrons. The molecule has 0 N–H and O–H groups in total. The molecule has 0 fully saturated rings. The molecule has 1 unspecified atom stereocenters. The number of hydrogen-bond donors (Lipinski definition) is 0. The standard InChI is InChI=1S/C15H12ClF3/c16-9-12(11-1-3-13(17)4-2-11)5-10-6-14(18)8-15(19)7-10/h1-4,6-8,12H,5,9H2. The van der Waals surface area contributed by atoms with Crippen molar-refractivity contribution in [2.24, 2.45) is 0 Å². The summed E-state index contributed by atoms with van der Waals surface area (Å²) in [5.74, 6) is -1.36. The molecule has 2 rings (SSSR count). The van der Waals surface area contributed by atoms with Crippen molar-refractivity contribution >= 4 is 11.6 Å². The van der Waals surface area contributed by atoms with Crippen molar-refractivity contribution < 1.29 is 13.2 Å². The zero-order valence-corrected chi connectivity index (χ0v) is 10.8. The molecule has 0 amide bonds. The van der Waals surface area contributed by atoms with Crippen LogP contribution in [0.4, 0.5) is 13.2 Å². The first-order valence-electron chi connectivity index (χ1n) is 5.85. The van der Waals surface area contributed by atoms with Crippen LogP contribution in [0.5, 0.6) is 0 Å². The van der Waals surface area contributed by atoms with Crippen molar-refractivity contribution in [2.45, 2.75) is 12.3 Å². The molecule has 1 atom stereocenters. The molecule has 0 saturated heterocycles. The lowest BCUT2D eigenvalue weighted by molar-refractivity contribution is 0.577. The average Bonchev–Trinajstić information content (AvgIpc) is 2.36. The minimum atomic E-state index is -0.609. The van der Waals surface area contributed by atoms with Crippen molar-refractivity contribution in [3.63, 3.8) is 0 Å². The second kappa shape index (κ2) is 6.11. The first-order chi connectivity index (χ1) is 9.08. The highest BCUT2D eigenvalue weighted by atomic mass is 35.5. The smallest absolute Gasteiger partial charge is 0.126 e. The van der Waals surface area contributed by atoms with E-state index in [2.05, 4.69) is 0 Å². The van der Waals surface area contributed by atoms with E-state index in [0.29, 0.717) is 17.9 Å². The van der Waals surface area contributed by atoms with Gasteiger partial charge in [-0.25, -0.2) is 13.2 Å². The van der Waals surface area contributed by atoms with Gasteiger partial charge in [-0.1, -0.05) is 12.1 Å². The normalized spacial score (nSPS) is 12.4. The SMILES string of the molecule is Fc1ccc(C(CCl)Cc2cc(F)cc(F)c2)cc1. The maximum absolute atomic E-state index is 13.1. The molecule has 0 saturated carbocycles. The molecule has 2 aromatic carbocycles. The second-order valence-corrected chi connectivity index (χ2v) is 4.69. The Balaban J connectivity index is 2.21. The number of rotatable bonds is 4. The topological polar surface area (TPSA) is 0 Å². The largest absolute Gasteiger partial charge is 0.207 e. The number of benzene rings is 2. The van der Waals surface area contributed by atoms with E-state index in [9.17, 15) is 13.2 Å². The summed E-state index contributed by atoms with van der Waals surface area (Å²) in [7, 11) is 0. The summed E-state index contributed by atoms with van der Waals surface area (Å²) >= 11 is 5.89. The van der Waals surface area contributed by atoms with Crippen molar-refractivity contribution in [1.82, 2.24) is 0 Å². The van der Waals surface area contributed by atoms with Crippen LogP contribution in [0.25, 0.3) is 0 Å². The third kappa shape index (κ3) is 3.74. The van der Waals surface area contributed by atoms with Gasteiger partial charge in [0.05, 0.1) is 0 Å². The molecule has 0 aliphatic carbocycles. The van der Waals surface area contributed by atoms with Gasteiger partial charge in [0.2, 0.25) is 0 Å². The van der Waals surface area contributed by atoms with Gasteiger partial charge in [0.1, 0.15) is 17.5 Å². The summed E-state index contributed by atoms with van der Waals surface area (Å²) < 4.78 is 39.1. The molecular formula is C15H12ClF3. The van der Waals surface area contributed by atoms with E-state index in [4.69, 9.17) is 11.6 Å². The van der Waals surface area contributed by atoms with Gasteiger partial charge < -0.3 is 0 Å². The van der Waals surface area contributed by atoms with Gasteiger partial charge in [-0.3, -0.25) is 0 Å². The van der Waals surface area contributed by atoms with E-state index in [0.717, 1.165) is 11.6 Å². The van der Waals surface area contributed by atoms with Crippen LogP contribution in [0.1, 0.15) is 17.0 Å².